The third-order valence-corrected chi connectivity index (χ3v) is 4.44. The fourth-order valence-corrected chi connectivity index (χ4v) is 3.22. The van der Waals surface area contributed by atoms with Gasteiger partial charge in [0.1, 0.15) is 17.8 Å². The van der Waals surface area contributed by atoms with E-state index in [0.717, 1.165) is 24.5 Å². The average molecular weight is 323 g/mol. The van der Waals surface area contributed by atoms with Gasteiger partial charge in [0.25, 0.3) is 5.91 Å². The standard InChI is InChI=1S/C15H25N5O3/c1-10-17-11(2)20(18-10)9-13-8-19(5-6-22-13)15(21)14-4-3-12(7-16)23-14/h12-14H,3-9,16H2,1-2H3/t12-,13?,14+/m1/s1. The Kier molecular flexibility index (Phi) is 4.93. The third kappa shape index (κ3) is 3.70. The molecule has 2 aliphatic heterocycles. The van der Waals surface area contributed by atoms with Crippen LogP contribution in [0.15, 0.2) is 0 Å². The molecule has 2 saturated heterocycles. The van der Waals surface area contributed by atoms with Crippen molar-refractivity contribution in [2.45, 2.75) is 51.5 Å². The van der Waals surface area contributed by atoms with Crippen molar-refractivity contribution in [2.75, 3.05) is 26.2 Å². The van der Waals surface area contributed by atoms with Gasteiger partial charge in [0, 0.05) is 19.6 Å². The molecule has 23 heavy (non-hydrogen) atoms. The van der Waals surface area contributed by atoms with E-state index in [9.17, 15) is 4.79 Å². The number of amides is 1. The lowest BCUT2D eigenvalue weighted by Crippen LogP contribution is -2.50. The van der Waals surface area contributed by atoms with Gasteiger partial charge in [0.05, 0.1) is 25.4 Å². The molecule has 3 atom stereocenters. The molecule has 2 aliphatic rings. The Balaban J connectivity index is 1.57. The average Bonchev–Trinajstić information content (AvgIpc) is 3.14. The summed E-state index contributed by atoms with van der Waals surface area (Å²) in [6.07, 6.45) is 1.21. The summed E-state index contributed by atoms with van der Waals surface area (Å²) in [5, 5.41) is 4.36. The number of morpholine rings is 1. The molecule has 2 N–H and O–H groups in total. The number of ether oxygens (including phenoxy) is 2. The highest BCUT2D eigenvalue weighted by atomic mass is 16.5. The molecular weight excluding hydrogens is 298 g/mol. The maximum Gasteiger partial charge on any atom is 0.251 e. The van der Waals surface area contributed by atoms with E-state index in [2.05, 4.69) is 10.1 Å². The zero-order valence-corrected chi connectivity index (χ0v) is 13.8. The highest BCUT2D eigenvalue weighted by molar-refractivity contribution is 5.81. The highest BCUT2D eigenvalue weighted by Gasteiger charge is 2.35. The van der Waals surface area contributed by atoms with E-state index in [-0.39, 0.29) is 24.2 Å². The SMILES string of the molecule is Cc1nc(C)n(CC2CN(C(=O)[C@@H]3CC[C@H](CN)O3)CCO2)n1. The van der Waals surface area contributed by atoms with Crippen molar-refractivity contribution in [2.24, 2.45) is 5.73 Å². The molecule has 0 saturated carbocycles. The van der Waals surface area contributed by atoms with Crippen LogP contribution in [0.1, 0.15) is 24.5 Å². The van der Waals surface area contributed by atoms with Crippen molar-refractivity contribution in [3.8, 4) is 0 Å². The van der Waals surface area contributed by atoms with Crippen LogP contribution in [0.3, 0.4) is 0 Å². The summed E-state index contributed by atoms with van der Waals surface area (Å²) in [6.45, 7) is 6.57. The Morgan fingerprint density at radius 2 is 2.17 bits per heavy atom. The van der Waals surface area contributed by atoms with Crippen LogP contribution in [0.2, 0.25) is 0 Å². The molecule has 8 heteroatoms. The van der Waals surface area contributed by atoms with Crippen molar-refractivity contribution in [1.29, 1.82) is 0 Å². The van der Waals surface area contributed by atoms with Gasteiger partial charge in [-0.1, -0.05) is 0 Å². The first-order valence-electron chi connectivity index (χ1n) is 8.20. The van der Waals surface area contributed by atoms with E-state index in [1.807, 2.05) is 23.4 Å². The van der Waals surface area contributed by atoms with Gasteiger partial charge in [0.15, 0.2) is 0 Å². The summed E-state index contributed by atoms with van der Waals surface area (Å²) in [5.74, 6) is 1.67. The number of aryl methyl sites for hydroxylation is 2. The molecule has 2 fully saturated rings. The summed E-state index contributed by atoms with van der Waals surface area (Å²) >= 11 is 0. The van der Waals surface area contributed by atoms with Gasteiger partial charge in [-0.2, -0.15) is 5.10 Å². The molecule has 0 aromatic carbocycles. The van der Waals surface area contributed by atoms with Gasteiger partial charge in [-0.05, 0) is 26.7 Å². The molecule has 8 nitrogen and oxygen atoms in total. The first-order valence-corrected chi connectivity index (χ1v) is 8.20. The second-order valence-corrected chi connectivity index (χ2v) is 6.23. The van der Waals surface area contributed by atoms with Crippen molar-refractivity contribution in [3.63, 3.8) is 0 Å². The topological polar surface area (TPSA) is 95.5 Å². The van der Waals surface area contributed by atoms with Gasteiger partial charge in [-0.25, -0.2) is 9.67 Å². The lowest BCUT2D eigenvalue weighted by atomic mass is 10.1. The molecule has 3 rings (SSSR count). The fraction of sp³-hybridized carbons (Fsp3) is 0.800. The Labute approximate surface area is 135 Å². The van der Waals surface area contributed by atoms with Crippen LogP contribution in [0.25, 0.3) is 0 Å². The molecule has 1 unspecified atom stereocenters. The lowest BCUT2D eigenvalue weighted by molar-refractivity contribution is -0.150. The number of hydrogen-bond acceptors (Lipinski definition) is 6. The molecule has 0 aliphatic carbocycles. The smallest absolute Gasteiger partial charge is 0.251 e. The second-order valence-electron chi connectivity index (χ2n) is 6.23. The minimum atomic E-state index is -0.349. The maximum atomic E-state index is 12.6. The van der Waals surface area contributed by atoms with E-state index in [4.69, 9.17) is 15.2 Å². The quantitative estimate of drug-likeness (QED) is 0.812. The van der Waals surface area contributed by atoms with Gasteiger partial charge >= 0.3 is 0 Å². The monoisotopic (exact) mass is 323 g/mol. The van der Waals surface area contributed by atoms with Crippen molar-refractivity contribution >= 4 is 5.91 Å². The number of rotatable bonds is 4. The molecule has 1 aromatic rings. The summed E-state index contributed by atoms with van der Waals surface area (Å²) in [5.41, 5.74) is 5.61. The zero-order chi connectivity index (χ0) is 16.4. The van der Waals surface area contributed by atoms with Crippen LogP contribution >= 0.6 is 0 Å². The second kappa shape index (κ2) is 6.94. The van der Waals surface area contributed by atoms with E-state index >= 15 is 0 Å². The first kappa shape index (κ1) is 16.4. The Morgan fingerprint density at radius 1 is 1.35 bits per heavy atom. The van der Waals surface area contributed by atoms with Crippen LogP contribution < -0.4 is 5.73 Å². The van der Waals surface area contributed by atoms with E-state index < -0.39 is 0 Å². The molecule has 3 heterocycles. The Bertz CT molecular complexity index is 561. The summed E-state index contributed by atoms with van der Waals surface area (Å²) < 4.78 is 13.3. The normalized spacial score (nSPS) is 28.3. The fourth-order valence-electron chi connectivity index (χ4n) is 3.22. The van der Waals surface area contributed by atoms with Gasteiger partial charge in [-0.15, -0.1) is 0 Å². The van der Waals surface area contributed by atoms with Gasteiger partial charge in [0.2, 0.25) is 0 Å². The maximum absolute atomic E-state index is 12.6. The van der Waals surface area contributed by atoms with E-state index in [1.54, 1.807) is 0 Å². The minimum absolute atomic E-state index is 0.0153. The first-order chi connectivity index (χ1) is 11.1. The molecule has 0 bridgehead atoms. The third-order valence-electron chi connectivity index (χ3n) is 4.44. The van der Waals surface area contributed by atoms with Crippen LogP contribution in [0.5, 0.6) is 0 Å². The molecule has 128 valence electrons. The van der Waals surface area contributed by atoms with E-state index in [0.29, 0.717) is 32.8 Å². The van der Waals surface area contributed by atoms with Crippen LogP contribution in [0, 0.1) is 13.8 Å². The number of carbonyl (C=O) groups excluding carboxylic acids is 1. The summed E-state index contributed by atoms with van der Waals surface area (Å²) in [4.78, 5) is 18.7. The molecule has 1 amide bonds. The number of hydrogen-bond donors (Lipinski definition) is 1. The van der Waals surface area contributed by atoms with Gasteiger partial charge in [-0.3, -0.25) is 4.79 Å². The molecule has 1 aromatic heterocycles. The number of nitrogens with two attached hydrogens (primary N) is 1. The van der Waals surface area contributed by atoms with Crippen LogP contribution in [-0.2, 0) is 20.8 Å². The predicted molar refractivity (Wildman–Crippen MR) is 82.8 cm³/mol. The number of carbonyl (C=O) groups is 1. The molecule has 0 radical (unpaired) electrons. The number of aromatic nitrogens is 3. The largest absolute Gasteiger partial charge is 0.373 e. The highest BCUT2D eigenvalue weighted by Crippen LogP contribution is 2.22. The summed E-state index contributed by atoms with van der Waals surface area (Å²) in [6, 6.07) is 0. The predicted octanol–water partition coefficient (Wildman–Crippen LogP) is -0.371. The molecule has 0 spiro atoms. The van der Waals surface area contributed by atoms with Crippen molar-refractivity contribution < 1.29 is 14.3 Å². The molecular formula is C15H25N5O3. The Hall–Kier alpha value is -1.51. The lowest BCUT2D eigenvalue weighted by Gasteiger charge is -2.34. The zero-order valence-electron chi connectivity index (χ0n) is 13.8. The van der Waals surface area contributed by atoms with Crippen LogP contribution in [0.4, 0.5) is 0 Å². The van der Waals surface area contributed by atoms with Crippen molar-refractivity contribution in [3.05, 3.63) is 11.6 Å². The van der Waals surface area contributed by atoms with Crippen LogP contribution in [-0.4, -0.2) is 70.1 Å². The minimum Gasteiger partial charge on any atom is -0.373 e. The Morgan fingerprint density at radius 3 is 2.83 bits per heavy atom. The number of nitrogens with zero attached hydrogens (tertiary/aromatic N) is 4. The van der Waals surface area contributed by atoms with E-state index in [1.165, 1.54) is 0 Å². The summed E-state index contributed by atoms with van der Waals surface area (Å²) in [7, 11) is 0. The van der Waals surface area contributed by atoms with Crippen molar-refractivity contribution in [1.82, 2.24) is 19.7 Å². The van der Waals surface area contributed by atoms with Gasteiger partial charge < -0.3 is 20.1 Å².